The molecule has 0 aliphatic rings. The molecule has 0 unspecified atom stereocenters. The molecule has 0 amide bonds. The van der Waals surface area contributed by atoms with E-state index in [4.69, 9.17) is 15.7 Å². The van der Waals surface area contributed by atoms with Crippen LogP contribution in [0.15, 0.2) is 12.1 Å². The highest BCUT2D eigenvalue weighted by atomic mass is 35.5. The molecule has 10 heavy (non-hydrogen) atoms. The Balaban J connectivity index is 3.35. The zero-order valence-corrected chi connectivity index (χ0v) is 5.28. The molecule has 0 aromatic carbocycles. The summed E-state index contributed by atoms with van der Waals surface area (Å²) in [5.74, 6) is 0. The van der Waals surface area contributed by atoms with Gasteiger partial charge in [-0.25, -0.2) is 8.78 Å². The number of nitrogens with zero attached hydrogens (tertiary/aromatic N) is 2. The third-order valence-electron chi connectivity index (χ3n) is 0.701. The third-order valence-corrected chi connectivity index (χ3v) is 0.871. The normalized spacial score (nSPS) is 15.7. The van der Waals surface area contributed by atoms with Gasteiger partial charge in [0.15, 0.2) is 5.15 Å². The molecule has 5 heteroatoms. The Labute approximate surface area is 65.1 Å². The smallest absolute Gasteiger partial charge is 0.203 e. The molecule has 0 aliphatic carbocycles. The summed E-state index contributed by atoms with van der Waals surface area (Å²) in [6.45, 7) is 0. The fourth-order valence-electron chi connectivity index (χ4n) is 0.340. The summed E-state index contributed by atoms with van der Waals surface area (Å²) < 4.78 is 45.0. The Kier molecular flexibility index (Phi) is 1.20. The van der Waals surface area contributed by atoms with Gasteiger partial charge in [0.25, 0.3) is 6.40 Å². The Bertz CT molecular complexity index is 341. The van der Waals surface area contributed by atoms with E-state index in [-0.39, 0.29) is 0 Å². The van der Waals surface area contributed by atoms with E-state index in [0.717, 1.165) is 0 Å². The number of hydrogen-bond donors (Lipinski definition) is 0. The van der Waals surface area contributed by atoms with Gasteiger partial charge in [-0.2, -0.15) is 0 Å². The molecular formula is C5H3ClF2N2. The van der Waals surface area contributed by atoms with Crippen molar-refractivity contribution in [3.05, 3.63) is 22.9 Å². The zero-order valence-electron chi connectivity index (χ0n) is 7.53. The van der Waals surface area contributed by atoms with Gasteiger partial charge in [-0.15, -0.1) is 10.2 Å². The minimum absolute atomic E-state index is 0.432. The van der Waals surface area contributed by atoms with E-state index in [1.54, 1.807) is 0 Å². The number of hydrogen-bond acceptors (Lipinski definition) is 2. The van der Waals surface area contributed by atoms with E-state index in [1.165, 1.54) is 0 Å². The average molecular weight is 168 g/mol. The largest absolute Gasteiger partial charge is 0.282 e. The van der Waals surface area contributed by atoms with E-state index in [0.29, 0.717) is 0 Å². The van der Waals surface area contributed by atoms with Crippen molar-refractivity contribution in [1.82, 2.24) is 10.2 Å². The molecule has 0 fully saturated rings. The van der Waals surface area contributed by atoms with Crippen LogP contribution in [0.3, 0.4) is 0 Å². The van der Waals surface area contributed by atoms with E-state index in [9.17, 15) is 8.78 Å². The van der Waals surface area contributed by atoms with Crippen molar-refractivity contribution in [2.75, 3.05) is 0 Å². The van der Waals surface area contributed by atoms with E-state index in [1.807, 2.05) is 0 Å². The van der Waals surface area contributed by atoms with Crippen molar-refractivity contribution in [3.8, 4) is 0 Å². The first-order valence-corrected chi connectivity index (χ1v) is 2.59. The van der Waals surface area contributed by atoms with Crippen molar-refractivity contribution >= 4 is 11.6 Å². The lowest BCUT2D eigenvalue weighted by Gasteiger charge is -1.94. The van der Waals surface area contributed by atoms with Gasteiger partial charge >= 0.3 is 0 Å². The number of alkyl halides is 2. The molecule has 0 aliphatic heterocycles. The quantitative estimate of drug-likeness (QED) is 0.640. The third kappa shape index (κ3) is 1.60. The van der Waals surface area contributed by atoms with Crippen LogP contribution in [0.4, 0.5) is 8.78 Å². The molecule has 0 N–H and O–H groups in total. The Morgan fingerprint density at radius 1 is 1.60 bits per heavy atom. The molecular weight excluding hydrogens is 162 g/mol. The molecule has 0 saturated carbocycles. The van der Waals surface area contributed by atoms with Gasteiger partial charge in [0, 0.05) is 0 Å². The molecule has 0 atom stereocenters. The van der Waals surface area contributed by atoms with Gasteiger partial charge in [0.05, 0.1) is 2.74 Å². The lowest BCUT2D eigenvalue weighted by molar-refractivity contribution is 0.145. The first-order chi connectivity index (χ1) is 5.84. The minimum Gasteiger partial charge on any atom is -0.203 e. The molecule has 2 nitrogen and oxygen atoms in total. The summed E-state index contributed by atoms with van der Waals surface area (Å²) in [5.41, 5.74) is -1.16. The second-order valence-corrected chi connectivity index (χ2v) is 1.71. The van der Waals surface area contributed by atoms with Gasteiger partial charge in [-0.1, -0.05) is 11.6 Å². The van der Waals surface area contributed by atoms with E-state index in [2.05, 4.69) is 10.2 Å². The van der Waals surface area contributed by atoms with E-state index >= 15 is 0 Å². The molecule has 0 radical (unpaired) electrons. The number of rotatable bonds is 1. The second kappa shape index (κ2) is 2.88. The highest BCUT2D eigenvalue weighted by Gasteiger charge is 2.07. The van der Waals surface area contributed by atoms with Crippen LogP contribution in [0.25, 0.3) is 0 Å². The molecule has 54 valence electrons. The lowest BCUT2D eigenvalue weighted by atomic mass is 10.4. The Hall–Kier alpha value is -0.770. The van der Waals surface area contributed by atoms with Gasteiger partial charge in [-0.3, -0.25) is 0 Å². The summed E-state index contributed by atoms with van der Waals surface area (Å²) in [6, 6.07) is -1.53. The van der Waals surface area contributed by atoms with Crippen LogP contribution in [-0.2, 0) is 0 Å². The summed E-state index contributed by atoms with van der Waals surface area (Å²) in [4.78, 5) is 0. The Morgan fingerprint density at radius 3 is 2.90 bits per heavy atom. The van der Waals surface area contributed by atoms with Gasteiger partial charge in [0.1, 0.15) is 7.06 Å². The van der Waals surface area contributed by atoms with Crippen LogP contribution in [-0.4, -0.2) is 10.2 Å². The van der Waals surface area contributed by atoms with Crippen LogP contribution in [0.1, 0.15) is 16.2 Å². The summed E-state index contributed by atoms with van der Waals surface area (Å²) in [7, 11) is 0. The van der Waals surface area contributed by atoms with Gasteiger partial charge < -0.3 is 0 Å². The number of halogens is 3. The van der Waals surface area contributed by atoms with Crippen molar-refractivity contribution in [2.24, 2.45) is 0 Å². The number of aromatic nitrogens is 2. The van der Waals surface area contributed by atoms with Crippen molar-refractivity contribution in [2.45, 2.75) is 6.40 Å². The van der Waals surface area contributed by atoms with Crippen molar-refractivity contribution in [1.29, 1.82) is 0 Å². The van der Waals surface area contributed by atoms with Gasteiger partial charge in [-0.05, 0) is 12.1 Å². The summed E-state index contributed by atoms with van der Waals surface area (Å²) in [6.07, 6.45) is -4.02. The minimum atomic E-state index is -4.02. The first kappa shape index (κ1) is 4.18. The average Bonchev–Trinajstić information content (AvgIpc) is 1.98. The van der Waals surface area contributed by atoms with Crippen LogP contribution in [0, 0.1) is 0 Å². The highest BCUT2D eigenvalue weighted by molar-refractivity contribution is 6.29. The van der Waals surface area contributed by atoms with Crippen molar-refractivity contribution < 1.29 is 12.9 Å². The molecule has 0 saturated heterocycles. The van der Waals surface area contributed by atoms with Crippen LogP contribution >= 0.6 is 11.6 Å². The monoisotopic (exact) mass is 167 g/mol. The van der Waals surface area contributed by atoms with Gasteiger partial charge in [0.2, 0.25) is 0 Å². The molecule has 1 aromatic heterocycles. The molecule has 1 aromatic rings. The predicted molar refractivity (Wildman–Crippen MR) is 32.0 cm³/mol. The highest BCUT2D eigenvalue weighted by Crippen LogP contribution is 2.15. The summed E-state index contributed by atoms with van der Waals surface area (Å²) in [5, 5.41) is 5.46. The maximum absolute atomic E-state index is 12.3. The topological polar surface area (TPSA) is 25.8 Å². The molecule has 0 bridgehead atoms. The van der Waals surface area contributed by atoms with Crippen LogP contribution in [0.5, 0.6) is 0 Å². The SMILES string of the molecule is [2H]c1c(Cl)nnc(C([2H])(F)F)c1[2H]. The fraction of sp³-hybridized carbons (Fsp3) is 0.200. The standard InChI is InChI=1S/C5H3ClF2N2/c6-4-2-1-3(5(7)8)9-10-4/h1-2,5H/i1D,2D,5D. The first-order valence-electron chi connectivity index (χ1n) is 3.71. The maximum atomic E-state index is 12.3. The predicted octanol–water partition coefficient (Wildman–Crippen LogP) is 2.07. The molecule has 1 rings (SSSR count). The molecule has 0 spiro atoms. The fourth-order valence-corrected chi connectivity index (χ4v) is 0.425. The zero-order chi connectivity index (χ0) is 10.2. The van der Waals surface area contributed by atoms with E-state index < -0.39 is 29.3 Å². The van der Waals surface area contributed by atoms with Crippen LogP contribution in [0.2, 0.25) is 5.15 Å². The lowest BCUT2D eigenvalue weighted by Crippen LogP contribution is -1.91. The second-order valence-electron chi connectivity index (χ2n) is 1.35. The molecule has 1 heterocycles. The maximum Gasteiger partial charge on any atom is 0.282 e. The Morgan fingerprint density at radius 2 is 2.30 bits per heavy atom. The van der Waals surface area contributed by atoms with Crippen molar-refractivity contribution in [3.63, 3.8) is 0 Å². The van der Waals surface area contributed by atoms with Crippen LogP contribution < -0.4 is 0 Å². The summed E-state index contributed by atoms with van der Waals surface area (Å²) >= 11 is 5.25.